The Morgan fingerprint density at radius 3 is 2.54 bits per heavy atom. The molecule has 1 unspecified atom stereocenters. The number of aromatic carboxylic acids is 1. The van der Waals surface area contributed by atoms with Gasteiger partial charge < -0.3 is 19.7 Å². The van der Waals surface area contributed by atoms with E-state index in [-0.39, 0.29) is 17.0 Å². The molecule has 0 saturated carbocycles. The lowest BCUT2D eigenvalue weighted by atomic mass is 9.98. The summed E-state index contributed by atoms with van der Waals surface area (Å²) >= 11 is 0. The number of rotatable bonds is 7. The van der Waals surface area contributed by atoms with Gasteiger partial charge in [0.05, 0.1) is 22.7 Å². The van der Waals surface area contributed by atoms with Gasteiger partial charge in [-0.15, -0.1) is 0 Å². The molecule has 3 heterocycles. The minimum absolute atomic E-state index is 0.0872. The first-order chi connectivity index (χ1) is 18.7. The van der Waals surface area contributed by atoms with Gasteiger partial charge in [0.15, 0.2) is 5.43 Å². The first-order valence-electron chi connectivity index (χ1n) is 13.2. The summed E-state index contributed by atoms with van der Waals surface area (Å²) in [6, 6.07) is 14.2. The molecule has 1 fully saturated rings. The van der Waals surface area contributed by atoms with Crippen LogP contribution in [0.1, 0.15) is 45.7 Å². The van der Waals surface area contributed by atoms with Gasteiger partial charge in [-0.1, -0.05) is 18.2 Å². The average Bonchev–Trinajstić information content (AvgIpc) is 2.92. The molecule has 4 aromatic rings. The fourth-order valence-electron chi connectivity index (χ4n) is 5.16. The zero-order valence-electron chi connectivity index (χ0n) is 22.8. The van der Waals surface area contributed by atoms with Gasteiger partial charge in [-0.2, -0.15) is 0 Å². The summed E-state index contributed by atoms with van der Waals surface area (Å²) in [4.78, 5) is 34.7. The predicted octanol–water partition coefficient (Wildman–Crippen LogP) is 5.09. The van der Waals surface area contributed by atoms with Crippen molar-refractivity contribution in [3.63, 3.8) is 0 Å². The van der Waals surface area contributed by atoms with E-state index in [1.165, 1.54) is 0 Å². The van der Waals surface area contributed by atoms with E-state index in [1.807, 2.05) is 38.1 Å². The van der Waals surface area contributed by atoms with E-state index in [0.29, 0.717) is 28.0 Å². The lowest BCUT2D eigenvalue weighted by Crippen LogP contribution is -2.43. The fourth-order valence-corrected chi connectivity index (χ4v) is 5.16. The summed E-state index contributed by atoms with van der Waals surface area (Å²) in [6.07, 6.45) is 1.78. The number of nitrogens with zero attached hydrogens (tertiary/aromatic N) is 3. The normalized spacial score (nSPS) is 15.4. The van der Waals surface area contributed by atoms with E-state index in [4.69, 9.17) is 4.42 Å². The molecule has 39 heavy (non-hydrogen) atoms. The largest absolute Gasteiger partial charge is 0.478 e. The molecular weight excluding hydrogens is 492 g/mol. The molecule has 0 bridgehead atoms. The Hall–Kier alpha value is -4.01. The van der Waals surface area contributed by atoms with Crippen LogP contribution in [-0.4, -0.2) is 59.1 Å². The standard InChI is InChI=1S/C31H34N4O4/c1-19-15-25(21(3)33-27-8-6-5-7-24(27)31(37)38)30-26(16-19)28(36)20(2)29(39-30)22-9-10-23(32-17-22)18-35-13-11-34(4)12-14-35/h5-10,15-17,21,33H,11-14,18H2,1-4H3,(H,37,38). The first kappa shape index (κ1) is 26.6. The van der Waals surface area contributed by atoms with Crippen LogP contribution >= 0.6 is 0 Å². The molecule has 5 rings (SSSR count). The number of aryl methyl sites for hydroxylation is 1. The first-order valence-corrected chi connectivity index (χ1v) is 13.2. The average molecular weight is 527 g/mol. The van der Waals surface area contributed by atoms with Gasteiger partial charge in [-0.3, -0.25) is 14.7 Å². The maximum absolute atomic E-state index is 13.5. The number of piperazine rings is 1. The van der Waals surface area contributed by atoms with Gasteiger partial charge in [-0.05, 0) is 63.7 Å². The van der Waals surface area contributed by atoms with Crippen molar-refractivity contribution in [2.75, 3.05) is 38.5 Å². The Balaban J connectivity index is 1.50. The number of fused-ring (bicyclic) bond motifs is 1. The number of pyridine rings is 1. The highest BCUT2D eigenvalue weighted by atomic mass is 16.4. The molecule has 8 nitrogen and oxygen atoms in total. The zero-order chi connectivity index (χ0) is 27.7. The molecule has 1 saturated heterocycles. The van der Waals surface area contributed by atoms with Crippen molar-refractivity contribution < 1.29 is 14.3 Å². The van der Waals surface area contributed by atoms with Gasteiger partial charge in [0.25, 0.3) is 0 Å². The number of para-hydroxylation sites is 1. The summed E-state index contributed by atoms with van der Waals surface area (Å²) in [5.74, 6) is -0.512. The maximum atomic E-state index is 13.5. The molecule has 0 aliphatic carbocycles. The molecular formula is C31H34N4O4. The van der Waals surface area contributed by atoms with Crippen molar-refractivity contribution >= 4 is 22.6 Å². The zero-order valence-corrected chi connectivity index (χ0v) is 22.8. The number of carboxylic acid groups (broad SMARTS) is 1. The number of nitrogens with one attached hydrogen (secondary N) is 1. The van der Waals surface area contributed by atoms with Gasteiger partial charge in [0, 0.05) is 61.3 Å². The third-order valence-corrected chi connectivity index (χ3v) is 7.46. The second kappa shape index (κ2) is 11.0. The molecule has 202 valence electrons. The fraction of sp³-hybridized carbons (Fsp3) is 0.323. The topological polar surface area (TPSA) is 98.9 Å². The van der Waals surface area contributed by atoms with Crippen molar-refractivity contribution in [2.45, 2.75) is 33.4 Å². The Labute approximate surface area is 227 Å². The van der Waals surface area contributed by atoms with Gasteiger partial charge in [-0.25, -0.2) is 4.79 Å². The second-order valence-corrected chi connectivity index (χ2v) is 10.5. The van der Waals surface area contributed by atoms with E-state index < -0.39 is 5.97 Å². The number of benzene rings is 2. The van der Waals surface area contributed by atoms with Crippen molar-refractivity contribution in [1.82, 2.24) is 14.8 Å². The van der Waals surface area contributed by atoms with Gasteiger partial charge in [0.1, 0.15) is 11.3 Å². The van der Waals surface area contributed by atoms with E-state index in [0.717, 1.165) is 55.1 Å². The third kappa shape index (κ3) is 5.57. The van der Waals surface area contributed by atoms with Crippen molar-refractivity contribution in [3.8, 4) is 11.3 Å². The van der Waals surface area contributed by atoms with Crippen LogP contribution < -0.4 is 10.7 Å². The Morgan fingerprint density at radius 1 is 1.10 bits per heavy atom. The smallest absolute Gasteiger partial charge is 0.337 e. The molecule has 2 aromatic heterocycles. The summed E-state index contributed by atoms with van der Waals surface area (Å²) in [5.41, 5.74) is 5.05. The van der Waals surface area contributed by atoms with E-state index >= 15 is 0 Å². The Morgan fingerprint density at radius 2 is 1.85 bits per heavy atom. The number of carboxylic acids is 1. The highest BCUT2D eigenvalue weighted by Crippen LogP contribution is 2.32. The summed E-state index contributed by atoms with van der Waals surface area (Å²) in [5, 5.41) is 13.4. The number of carbonyl (C=O) groups is 1. The lowest BCUT2D eigenvalue weighted by molar-refractivity contribution is 0.0698. The maximum Gasteiger partial charge on any atom is 0.337 e. The van der Waals surface area contributed by atoms with Crippen LogP contribution in [-0.2, 0) is 6.54 Å². The van der Waals surface area contributed by atoms with Crippen LogP contribution in [0, 0.1) is 13.8 Å². The number of aromatic nitrogens is 1. The van der Waals surface area contributed by atoms with E-state index in [1.54, 1.807) is 37.4 Å². The Bertz CT molecular complexity index is 1570. The highest BCUT2D eigenvalue weighted by Gasteiger charge is 2.21. The molecule has 2 aromatic carbocycles. The van der Waals surface area contributed by atoms with Crippen LogP contribution in [0.4, 0.5) is 5.69 Å². The monoisotopic (exact) mass is 526 g/mol. The second-order valence-electron chi connectivity index (χ2n) is 10.5. The molecule has 1 atom stereocenters. The van der Waals surface area contributed by atoms with Gasteiger partial charge in [0.2, 0.25) is 0 Å². The molecule has 0 radical (unpaired) electrons. The number of hydrogen-bond acceptors (Lipinski definition) is 7. The van der Waals surface area contributed by atoms with Gasteiger partial charge >= 0.3 is 5.97 Å². The minimum atomic E-state index is -1.01. The molecule has 0 spiro atoms. The van der Waals surface area contributed by atoms with Crippen LogP contribution in [0.3, 0.4) is 0 Å². The highest BCUT2D eigenvalue weighted by molar-refractivity contribution is 5.94. The minimum Gasteiger partial charge on any atom is -0.478 e. The molecule has 0 amide bonds. The van der Waals surface area contributed by atoms with Crippen molar-refractivity contribution in [1.29, 1.82) is 0 Å². The molecule has 1 aliphatic heterocycles. The SMILES string of the molecule is Cc1cc(C(C)Nc2ccccc2C(=O)O)c2oc(-c3ccc(CN4CCN(C)CC4)nc3)c(C)c(=O)c2c1. The van der Waals surface area contributed by atoms with Crippen LogP contribution in [0.15, 0.2) is 63.9 Å². The summed E-state index contributed by atoms with van der Waals surface area (Å²) < 4.78 is 6.47. The molecule has 2 N–H and O–H groups in total. The Kier molecular flexibility index (Phi) is 7.50. The van der Waals surface area contributed by atoms with E-state index in [9.17, 15) is 14.7 Å². The quantitative estimate of drug-likeness (QED) is 0.344. The van der Waals surface area contributed by atoms with Crippen LogP contribution in [0.25, 0.3) is 22.3 Å². The number of likely N-dealkylation sites (N-methyl/N-ethyl adjacent to an activating group) is 1. The number of hydrogen-bond donors (Lipinski definition) is 2. The number of anilines is 1. The van der Waals surface area contributed by atoms with Crippen LogP contribution in [0.5, 0.6) is 0 Å². The van der Waals surface area contributed by atoms with Crippen molar-refractivity contribution in [3.05, 3.63) is 92.9 Å². The predicted molar refractivity (Wildman–Crippen MR) is 153 cm³/mol. The van der Waals surface area contributed by atoms with Crippen molar-refractivity contribution in [2.24, 2.45) is 0 Å². The van der Waals surface area contributed by atoms with Crippen LogP contribution in [0.2, 0.25) is 0 Å². The lowest BCUT2D eigenvalue weighted by Gasteiger charge is -2.32. The molecule has 8 heteroatoms. The summed E-state index contributed by atoms with van der Waals surface area (Å²) in [7, 11) is 2.14. The van der Waals surface area contributed by atoms with E-state index in [2.05, 4.69) is 27.1 Å². The molecule has 1 aliphatic rings. The summed E-state index contributed by atoms with van der Waals surface area (Å²) in [6.45, 7) is 10.6. The third-order valence-electron chi connectivity index (χ3n) is 7.46.